The zero-order valence-electron chi connectivity index (χ0n) is 17.0. The lowest BCUT2D eigenvalue weighted by atomic mass is 10.2. The van der Waals surface area contributed by atoms with Crippen LogP contribution in [0.3, 0.4) is 0 Å². The van der Waals surface area contributed by atoms with E-state index in [1.54, 1.807) is 39.0 Å². The molecular formula is C23H23FN4O3. The lowest BCUT2D eigenvalue weighted by molar-refractivity contribution is -0.133. The largest absolute Gasteiger partial charge is 0.445 e. The highest BCUT2D eigenvalue weighted by Gasteiger charge is 2.25. The molecule has 3 aromatic rings. The third kappa shape index (κ3) is 5.28. The van der Waals surface area contributed by atoms with Gasteiger partial charge in [0.25, 0.3) is 0 Å². The molecule has 1 aliphatic heterocycles. The van der Waals surface area contributed by atoms with Crippen molar-refractivity contribution in [2.75, 3.05) is 26.2 Å². The van der Waals surface area contributed by atoms with E-state index in [9.17, 15) is 14.0 Å². The van der Waals surface area contributed by atoms with Gasteiger partial charge in [0.15, 0.2) is 0 Å². The minimum Gasteiger partial charge on any atom is -0.445 e. The first kappa shape index (κ1) is 20.6. The first-order chi connectivity index (χ1) is 15.1. The molecule has 31 heavy (non-hydrogen) atoms. The van der Waals surface area contributed by atoms with Crippen LogP contribution in [0.15, 0.2) is 67.1 Å². The fraction of sp³-hybridized carbons (Fsp3) is 0.261. The Balaban J connectivity index is 1.25. The fourth-order valence-electron chi connectivity index (χ4n) is 3.42. The molecule has 0 radical (unpaired) electrons. The van der Waals surface area contributed by atoms with Crippen LogP contribution in [0.5, 0.6) is 0 Å². The Morgan fingerprint density at radius 2 is 1.61 bits per heavy atom. The predicted octanol–water partition coefficient (Wildman–Crippen LogP) is 3.17. The second kappa shape index (κ2) is 9.42. The number of imidazole rings is 1. The number of piperazine rings is 1. The summed E-state index contributed by atoms with van der Waals surface area (Å²) >= 11 is 0. The van der Waals surface area contributed by atoms with Crippen LogP contribution in [0, 0.1) is 5.82 Å². The van der Waals surface area contributed by atoms with Crippen LogP contribution in [0.2, 0.25) is 0 Å². The third-order valence-corrected chi connectivity index (χ3v) is 5.19. The van der Waals surface area contributed by atoms with Crippen molar-refractivity contribution in [2.45, 2.75) is 13.2 Å². The topological polar surface area (TPSA) is 67.7 Å². The maximum Gasteiger partial charge on any atom is 0.410 e. The van der Waals surface area contributed by atoms with Crippen LogP contribution in [-0.4, -0.2) is 57.5 Å². The van der Waals surface area contributed by atoms with Gasteiger partial charge in [-0.3, -0.25) is 4.79 Å². The molecule has 7 nitrogen and oxygen atoms in total. The summed E-state index contributed by atoms with van der Waals surface area (Å²) in [5.74, 6) is -0.346. The highest BCUT2D eigenvalue weighted by molar-refractivity contribution is 5.77. The molecule has 2 aromatic carbocycles. The molecule has 1 aromatic heterocycles. The Labute approximate surface area is 179 Å². The Morgan fingerprint density at radius 3 is 2.32 bits per heavy atom. The summed E-state index contributed by atoms with van der Waals surface area (Å²) in [6.45, 7) is 2.17. The number of halogens is 1. The summed E-state index contributed by atoms with van der Waals surface area (Å²) < 4.78 is 20.1. The van der Waals surface area contributed by atoms with Crippen LogP contribution < -0.4 is 0 Å². The molecule has 0 saturated carbocycles. The van der Waals surface area contributed by atoms with Gasteiger partial charge < -0.3 is 19.1 Å². The Kier molecular flexibility index (Phi) is 6.26. The van der Waals surface area contributed by atoms with Crippen molar-refractivity contribution in [3.63, 3.8) is 0 Å². The smallest absolute Gasteiger partial charge is 0.410 e. The number of rotatable bonds is 5. The number of carbonyl (C=O) groups is 2. The molecule has 1 saturated heterocycles. The summed E-state index contributed by atoms with van der Waals surface area (Å²) in [4.78, 5) is 32.6. The monoisotopic (exact) mass is 422 g/mol. The highest BCUT2D eigenvalue weighted by atomic mass is 19.1. The molecule has 160 valence electrons. The summed E-state index contributed by atoms with van der Waals surface area (Å²) in [5, 5.41) is 0. The van der Waals surface area contributed by atoms with Crippen LogP contribution in [0.1, 0.15) is 5.56 Å². The van der Waals surface area contributed by atoms with E-state index in [0.29, 0.717) is 31.9 Å². The molecule has 0 N–H and O–H groups in total. The number of hydrogen-bond donors (Lipinski definition) is 0. The predicted molar refractivity (Wildman–Crippen MR) is 112 cm³/mol. The maximum absolute atomic E-state index is 13.1. The van der Waals surface area contributed by atoms with E-state index in [2.05, 4.69) is 4.98 Å². The number of benzene rings is 2. The van der Waals surface area contributed by atoms with Gasteiger partial charge in [-0.05, 0) is 29.8 Å². The molecular weight excluding hydrogens is 399 g/mol. The van der Waals surface area contributed by atoms with Crippen molar-refractivity contribution < 1.29 is 18.7 Å². The van der Waals surface area contributed by atoms with E-state index in [4.69, 9.17) is 4.74 Å². The van der Waals surface area contributed by atoms with Crippen molar-refractivity contribution >= 4 is 12.0 Å². The van der Waals surface area contributed by atoms with E-state index in [0.717, 1.165) is 11.1 Å². The van der Waals surface area contributed by atoms with Gasteiger partial charge in [0.2, 0.25) is 5.91 Å². The molecule has 8 heteroatoms. The van der Waals surface area contributed by atoms with Gasteiger partial charge in [-0.15, -0.1) is 0 Å². The van der Waals surface area contributed by atoms with Crippen molar-refractivity contribution in [1.82, 2.24) is 19.4 Å². The number of carbonyl (C=O) groups excluding carboxylic acids is 2. The zero-order valence-corrected chi connectivity index (χ0v) is 17.0. The molecule has 4 rings (SSSR count). The summed E-state index contributed by atoms with van der Waals surface area (Å²) in [5.41, 5.74) is 2.40. The van der Waals surface area contributed by atoms with E-state index in [1.807, 2.05) is 30.3 Å². The second-order valence-corrected chi connectivity index (χ2v) is 7.35. The molecule has 0 spiro atoms. The van der Waals surface area contributed by atoms with Crippen molar-refractivity contribution in [3.05, 3.63) is 78.5 Å². The van der Waals surface area contributed by atoms with E-state index in [-0.39, 0.29) is 31.0 Å². The molecule has 0 bridgehead atoms. The van der Waals surface area contributed by atoms with Gasteiger partial charge in [0.1, 0.15) is 19.0 Å². The summed E-state index contributed by atoms with van der Waals surface area (Å²) in [7, 11) is 0. The number of nitrogens with zero attached hydrogens (tertiary/aromatic N) is 4. The van der Waals surface area contributed by atoms with Crippen molar-refractivity contribution in [3.8, 4) is 11.3 Å². The molecule has 0 aliphatic carbocycles. The van der Waals surface area contributed by atoms with Gasteiger partial charge in [0.05, 0.1) is 12.0 Å². The molecule has 1 aliphatic rings. The molecule has 0 atom stereocenters. The van der Waals surface area contributed by atoms with Crippen molar-refractivity contribution in [1.29, 1.82) is 0 Å². The normalized spacial score (nSPS) is 13.8. The number of hydrogen-bond acceptors (Lipinski definition) is 4. The lowest BCUT2D eigenvalue weighted by Gasteiger charge is -2.34. The Morgan fingerprint density at radius 1 is 0.935 bits per heavy atom. The first-order valence-electron chi connectivity index (χ1n) is 10.1. The van der Waals surface area contributed by atoms with Crippen LogP contribution >= 0.6 is 0 Å². The van der Waals surface area contributed by atoms with Gasteiger partial charge in [-0.2, -0.15) is 0 Å². The fourth-order valence-corrected chi connectivity index (χ4v) is 3.42. The highest BCUT2D eigenvalue weighted by Crippen LogP contribution is 2.17. The van der Waals surface area contributed by atoms with Crippen molar-refractivity contribution in [2.24, 2.45) is 0 Å². The minimum atomic E-state index is -0.366. The first-order valence-corrected chi connectivity index (χ1v) is 10.1. The molecule has 2 heterocycles. The second-order valence-electron chi connectivity index (χ2n) is 7.35. The van der Waals surface area contributed by atoms with E-state index < -0.39 is 0 Å². The standard InChI is InChI=1S/C23H23FN4O3/c24-20-8-6-19(7-9-20)21-14-26(17-25-21)15-22(29)27-10-12-28(13-11-27)23(30)31-16-18-4-2-1-3-5-18/h1-9,14,17H,10-13,15-16H2. The van der Waals surface area contributed by atoms with Gasteiger partial charge in [-0.1, -0.05) is 30.3 Å². The van der Waals surface area contributed by atoms with E-state index >= 15 is 0 Å². The van der Waals surface area contributed by atoms with Gasteiger partial charge >= 0.3 is 6.09 Å². The molecule has 1 fully saturated rings. The molecule has 2 amide bonds. The van der Waals surface area contributed by atoms with Gasteiger partial charge in [0, 0.05) is 37.9 Å². The third-order valence-electron chi connectivity index (χ3n) is 5.19. The van der Waals surface area contributed by atoms with Crippen LogP contribution in [0.25, 0.3) is 11.3 Å². The minimum absolute atomic E-state index is 0.0413. The Hall–Kier alpha value is -3.68. The number of amides is 2. The zero-order chi connectivity index (χ0) is 21.6. The SMILES string of the molecule is O=C(Cn1cnc(-c2ccc(F)cc2)c1)N1CCN(C(=O)OCc2ccccc2)CC1. The average Bonchev–Trinajstić information content (AvgIpc) is 3.27. The molecule has 0 unspecified atom stereocenters. The lowest BCUT2D eigenvalue weighted by Crippen LogP contribution is -2.51. The summed E-state index contributed by atoms with van der Waals surface area (Å²) in [6.07, 6.45) is 2.99. The summed E-state index contributed by atoms with van der Waals surface area (Å²) in [6, 6.07) is 15.6. The number of ether oxygens (including phenoxy) is 1. The van der Waals surface area contributed by atoms with Crippen LogP contribution in [0.4, 0.5) is 9.18 Å². The quantitative estimate of drug-likeness (QED) is 0.634. The van der Waals surface area contributed by atoms with Gasteiger partial charge in [-0.25, -0.2) is 14.2 Å². The average molecular weight is 422 g/mol. The van der Waals surface area contributed by atoms with E-state index in [1.165, 1.54) is 12.1 Å². The van der Waals surface area contributed by atoms with Crippen LogP contribution in [-0.2, 0) is 22.7 Å². The number of aromatic nitrogens is 2. The maximum atomic E-state index is 13.1. The Bertz CT molecular complexity index is 1030.